The third-order valence-electron chi connectivity index (χ3n) is 7.70. The normalized spacial score (nSPS) is 19.7. The minimum absolute atomic E-state index is 0.000822. The first-order chi connectivity index (χ1) is 19.2. The Morgan fingerprint density at radius 1 is 0.976 bits per heavy atom. The average molecular weight is 581 g/mol. The highest BCUT2D eigenvalue weighted by Crippen LogP contribution is 2.43. The Bertz CT molecular complexity index is 1330. The Morgan fingerprint density at radius 3 is 2.20 bits per heavy atom. The van der Waals surface area contributed by atoms with Crippen LogP contribution < -0.4 is 9.91 Å². The van der Waals surface area contributed by atoms with Crippen molar-refractivity contribution in [3.63, 3.8) is 0 Å². The number of nitrogens with one attached hydrogen (secondary N) is 1. The van der Waals surface area contributed by atoms with Gasteiger partial charge in [-0.25, -0.2) is 0 Å². The molecule has 0 bridgehead atoms. The summed E-state index contributed by atoms with van der Waals surface area (Å²) in [7, 11) is 2.97. The molecular weight excluding hydrogens is 548 g/mol. The molecule has 0 saturated heterocycles. The van der Waals surface area contributed by atoms with Crippen LogP contribution in [0.5, 0.6) is 0 Å². The average Bonchev–Trinajstić information content (AvgIpc) is 3.22. The van der Waals surface area contributed by atoms with Gasteiger partial charge in [-0.05, 0) is 56.0 Å². The topological polar surface area (TPSA) is 49.4 Å². The van der Waals surface area contributed by atoms with E-state index in [2.05, 4.69) is 5.32 Å². The van der Waals surface area contributed by atoms with Gasteiger partial charge in [0.25, 0.3) is 5.91 Å². The van der Waals surface area contributed by atoms with E-state index >= 15 is 0 Å². The first-order valence-electron chi connectivity index (χ1n) is 13.4. The fourth-order valence-corrected chi connectivity index (χ4v) is 5.41. The summed E-state index contributed by atoms with van der Waals surface area (Å²) in [5, 5.41) is 4.12. The zero-order valence-electron chi connectivity index (χ0n) is 22.8. The first-order valence-corrected chi connectivity index (χ1v) is 13.4. The van der Waals surface area contributed by atoms with Crippen LogP contribution in [0.25, 0.3) is 5.57 Å². The van der Waals surface area contributed by atoms with Crippen LogP contribution in [0.1, 0.15) is 72.0 Å². The van der Waals surface area contributed by atoms with E-state index in [9.17, 15) is 35.9 Å². The number of carbonyl (C=O) groups is 2. The molecule has 220 valence electrons. The molecule has 1 aliphatic carbocycles. The highest BCUT2D eigenvalue weighted by Gasteiger charge is 2.43. The van der Waals surface area contributed by atoms with Crippen LogP contribution >= 0.6 is 0 Å². The first kappa shape index (κ1) is 30.4. The second kappa shape index (κ2) is 11.7. The zero-order valence-corrected chi connectivity index (χ0v) is 22.8. The van der Waals surface area contributed by atoms with E-state index in [0.29, 0.717) is 30.7 Å². The van der Waals surface area contributed by atoms with Gasteiger partial charge in [0.15, 0.2) is 5.69 Å². The van der Waals surface area contributed by atoms with E-state index < -0.39 is 35.0 Å². The van der Waals surface area contributed by atoms with Crippen molar-refractivity contribution in [3.05, 3.63) is 83.1 Å². The van der Waals surface area contributed by atoms with Crippen molar-refractivity contribution in [2.24, 2.45) is 0 Å². The standard InChI is InChI=1S/C30H31F6N3O2/c1-38(28(41)21-16-22(29(31,32)33)18-23(17-21)30(34,35)36)39(2)19-20(25-13-7-8-14-26(25)39)10-6-9-15-27(40)37-24-11-4-3-5-12-24/h7-9,13-19,24H,3-6,10-12H2,1-2H3/p+1. The summed E-state index contributed by atoms with van der Waals surface area (Å²) in [5.41, 5.74) is -1.55. The Hall–Kier alpha value is -3.60. The summed E-state index contributed by atoms with van der Waals surface area (Å²) < 4.78 is 80.1. The van der Waals surface area contributed by atoms with E-state index in [1.165, 1.54) is 19.5 Å². The lowest BCUT2D eigenvalue weighted by molar-refractivity contribution is -0.143. The highest BCUT2D eigenvalue weighted by atomic mass is 19.4. The molecule has 0 spiro atoms. The van der Waals surface area contributed by atoms with Gasteiger partial charge in [0.05, 0.1) is 18.2 Å². The van der Waals surface area contributed by atoms with Crippen molar-refractivity contribution >= 4 is 23.1 Å². The number of halogens is 6. The summed E-state index contributed by atoms with van der Waals surface area (Å²) in [6.45, 7) is 0. The lowest BCUT2D eigenvalue weighted by Crippen LogP contribution is -2.54. The van der Waals surface area contributed by atoms with Crippen LogP contribution in [-0.4, -0.2) is 37.0 Å². The third kappa shape index (κ3) is 6.83. The number of para-hydroxylation sites is 1. The molecule has 1 fully saturated rings. The molecule has 1 unspecified atom stereocenters. The number of quaternary nitrogens is 1. The van der Waals surface area contributed by atoms with Crippen LogP contribution in [0.3, 0.4) is 0 Å². The van der Waals surface area contributed by atoms with Crippen LogP contribution in [0.15, 0.2) is 60.8 Å². The fourth-order valence-electron chi connectivity index (χ4n) is 5.41. The zero-order chi connectivity index (χ0) is 30.0. The van der Waals surface area contributed by atoms with E-state index in [4.69, 9.17) is 0 Å². The van der Waals surface area contributed by atoms with Gasteiger partial charge in [0, 0.05) is 28.8 Å². The van der Waals surface area contributed by atoms with Gasteiger partial charge in [0.2, 0.25) is 5.91 Å². The van der Waals surface area contributed by atoms with Gasteiger partial charge in [-0.1, -0.05) is 37.5 Å². The van der Waals surface area contributed by atoms with E-state index in [1.807, 2.05) is 6.07 Å². The van der Waals surface area contributed by atoms with Crippen molar-refractivity contribution in [2.45, 2.75) is 63.3 Å². The molecule has 1 atom stereocenters. The second-order valence-electron chi connectivity index (χ2n) is 10.6. The summed E-state index contributed by atoms with van der Waals surface area (Å²) in [6, 6.07) is 8.22. The predicted octanol–water partition coefficient (Wildman–Crippen LogP) is 7.49. The number of nitrogens with zero attached hydrogens (tertiary/aromatic N) is 2. The number of amides is 2. The number of fused-ring (bicyclic) bond motifs is 1. The van der Waals surface area contributed by atoms with Crippen molar-refractivity contribution in [2.75, 3.05) is 14.1 Å². The van der Waals surface area contributed by atoms with Crippen LogP contribution in [0, 0.1) is 0 Å². The molecule has 2 aromatic carbocycles. The number of hydrogen-bond donors (Lipinski definition) is 1. The lowest BCUT2D eigenvalue weighted by atomic mass is 9.95. The van der Waals surface area contributed by atoms with Crippen LogP contribution in [0.2, 0.25) is 0 Å². The summed E-state index contributed by atoms with van der Waals surface area (Å²) in [5.74, 6) is -1.15. The van der Waals surface area contributed by atoms with Gasteiger partial charge in [0.1, 0.15) is 13.2 Å². The molecule has 2 aromatic rings. The monoisotopic (exact) mass is 580 g/mol. The smallest absolute Gasteiger partial charge is 0.350 e. The largest absolute Gasteiger partial charge is 0.416 e. The molecule has 1 heterocycles. The molecule has 0 aromatic heterocycles. The molecule has 1 saturated carbocycles. The molecule has 5 nitrogen and oxygen atoms in total. The SMILES string of the molecule is CN(C(=O)c1cc(C(F)(F)F)cc(C(F)(F)F)c1)[N+]1(C)C=C(CCC=CC(=O)NC2CCCCC2)c2ccccc21. The molecule has 1 aliphatic heterocycles. The Morgan fingerprint density at radius 2 is 1.59 bits per heavy atom. The third-order valence-corrected chi connectivity index (χ3v) is 7.70. The molecule has 2 amide bonds. The number of allylic oxidation sites excluding steroid dienone is 2. The summed E-state index contributed by atoms with van der Waals surface area (Å²) in [4.78, 5) is 25.7. The van der Waals surface area contributed by atoms with E-state index in [0.717, 1.165) is 41.8 Å². The Kier molecular flexibility index (Phi) is 8.67. The maximum Gasteiger partial charge on any atom is 0.416 e. The van der Waals surface area contributed by atoms with Gasteiger partial charge >= 0.3 is 12.4 Å². The number of rotatable bonds is 7. The van der Waals surface area contributed by atoms with Crippen LogP contribution in [-0.2, 0) is 17.1 Å². The molecule has 4 rings (SSSR count). The fraction of sp³-hybridized carbons (Fsp3) is 0.400. The minimum Gasteiger partial charge on any atom is -0.350 e. The summed E-state index contributed by atoms with van der Waals surface area (Å²) in [6.07, 6.45) is 1.24. The van der Waals surface area contributed by atoms with Gasteiger partial charge in [-0.15, -0.1) is 0 Å². The Balaban J connectivity index is 1.55. The van der Waals surface area contributed by atoms with Crippen molar-refractivity contribution in [3.8, 4) is 0 Å². The minimum atomic E-state index is -5.07. The molecule has 1 N–H and O–H groups in total. The van der Waals surface area contributed by atoms with Crippen LogP contribution in [0.4, 0.5) is 32.0 Å². The summed E-state index contributed by atoms with van der Waals surface area (Å²) >= 11 is 0. The van der Waals surface area contributed by atoms with E-state index in [-0.39, 0.29) is 22.6 Å². The molecular formula is C30H32F6N3O2+. The number of alkyl halides is 6. The van der Waals surface area contributed by atoms with Crippen molar-refractivity contribution in [1.29, 1.82) is 0 Å². The number of benzene rings is 2. The van der Waals surface area contributed by atoms with Crippen molar-refractivity contribution in [1.82, 2.24) is 14.9 Å². The number of carbonyl (C=O) groups excluding carboxylic acids is 2. The highest BCUT2D eigenvalue weighted by molar-refractivity contribution is 5.96. The number of hydrogen-bond acceptors (Lipinski definition) is 2. The van der Waals surface area contributed by atoms with Crippen molar-refractivity contribution < 1.29 is 35.9 Å². The predicted molar refractivity (Wildman–Crippen MR) is 144 cm³/mol. The van der Waals surface area contributed by atoms with Gasteiger partial charge in [-0.3, -0.25) is 9.59 Å². The molecule has 11 heteroatoms. The quantitative estimate of drug-likeness (QED) is 0.210. The maximum atomic E-state index is 13.4. The van der Waals surface area contributed by atoms with Gasteiger partial charge < -0.3 is 5.32 Å². The maximum absolute atomic E-state index is 13.4. The van der Waals surface area contributed by atoms with Gasteiger partial charge in [-0.2, -0.15) is 35.9 Å². The molecule has 41 heavy (non-hydrogen) atoms. The Labute approximate surface area is 234 Å². The molecule has 2 aliphatic rings. The van der Waals surface area contributed by atoms with E-state index in [1.54, 1.807) is 37.5 Å². The second-order valence-corrected chi connectivity index (χ2v) is 10.6. The lowest BCUT2D eigenvalue weighted by Gasteiger charge is -2.35. The molecule has 0 radical (unpaired) electrons.